The minimum Gasteiger partial charge on any atom is -0.364 e. The first-order chi connectivity index (χ1) is 18.6. The van der Waals surface area contributed by atoms with Crippen LogP contribution in [0.25, 0.3) is 10.9 Å². The highest BCUT2D eigenvalue weighted by Crippen LogP contribution is 2.43. The number of rotatable bonds is 8. The van der Waals surface area contributed by atoms with Crippen LogP contribution in [0.5, 0.6) is 0 Å². The van der Waals surface area contributed by atoms with Crippen LogP contribution < -0.4 is 16.4 Å². The fraction of sp³-hybridized carbons (Fsp3) is 0.385. The van der Waals surface area contributed by atoms with Gasteiger partial charge in [-0.3, -0.25) is 23.9 Å². The molecule has 2 aliphatic rings. The third kappa shape index (κ3) is 5.43. The first-order valence-corrected chi connectivity index (χ1v) is 13.0. The summed E-state index contributed by atoms with van der Waals surface area (Å²) in [6.45, 7) is 0.00706. The molecule has 2 bridgehead atoms. The molecular formula is C26H29ClN8O4. The van der Waals surface area contributed by atoms with Gasteiger partial charge in [0.15, 0.2) is 5.69 Å². The number of aromatic nitrogens is 3. The number of halogens is 1. The summed E-state index contributed by atoms with van der Waals surface area (Å²) >= 11 is 5.95. The van der Waals surface area contributed by atoms with Gasteiger partial charge in [-0.05, 0) is 69.6 Å². The molecule has 2 aromatic heterocycles. The summed E-state index contributed by atoms with van der Waals surface area (Å²) in [6.07, 6.45) is 2.42. The zero-order valence-corrected chi connectivity index (χ0v) is 22.3. The molecule has 12 nitrogen and oxygen atoms in total. The van der Waals surface area contributed by atoms with Crippen molar-refractivity contribution in [2.45, 2.75) is 37.9 Å². The molecule has 4 N–H and O–H groups in total. The van der Waals surface area contributed by atoms with E-state index in [2.05, 4.69) is 20.7 Å². The van der Waals surface area contributed by atoms with E-state index in [1.165, 1.54) is 4.68 Å². The molecule has 3 aromatic rings. The van der Waals surface area contributed by atoms with Crippen LogP contribution in [0.3, 0.4) is 0 Å². The standard InChI is InChI=1S/C26H29ClN8O4/c1-33(2)12-21(36)29-15-7-9-18-17(11-15)23(25(28)38)32-34(18)13-22(37)35-16-8-6-14(10-16)24(35)26(39)31-20-5-3-4-19(27)30-20/h3-5,7,9,11,14,16,24H,6,8,10,12-13H2,1-2H3,(H2,28,38)(H,29,36)(H,30,31,39)/t14-,16+,24-/m0/s1. The SMILES string of the molecule is CN(C)CC(=O)Nc1ccc2c(c1)c(C(N)=O)nn2CC(=O)N1[C@@H]2CC[C@@H](C2)[C@H]1C(=O)Nc1cccc(Cl)n1. The Balaban J connectivity index is 1.38. The van der Waals surface area contributed by atoms with Crippen molar-refractivity contribution in [2.24, 2.45) is 11.7 Å². The highest BCUT2D eigenvalue weighted by atomic mass is 35.5. The van der Waals surface area contributed by atoms with Crippen LogP contribution in [-0.2, 0) is 20.9 Å². The lowest BCUT2D eigenvalue weighted by Gasteiger charge is -2.34. The van der Waals surface area contributed by atoms with Crippen molar-refractivity contribution in [3.05, 3.63) is 47.2 Å². The molecule has 0 spiro atoms. The minimum atomic E-state index is -0.755. The predicted octanol–water partition coefficient (Wildman–Crippen LogP) is 1.70. The molecular weight excluding hydrogens is 524 g/mol. The number of piperidine rings is 1. The molecule has 1 aliphatic carbocycles. The van der Waals surface area contributed by atoms with Crippen LogP contribution in [-0.4, -0.2) is 80.9 Å². The molecule has 1 aliphatic heterocycles. The number of benzene rings is 1. The number of amides is 4. The van der Waals surface area contributed by atoms with Crippen molar-refractivity contribution in [3.63, 3.8) is 0 Å². The van der Waals surface area contributed by atoms with Gasteiger partial charge in [0, 0.05) is 17.1 Å². The van der Waals surface area contributed by atoms with Gasteiger partial charge in [0.2, 0.25) is 17.7 Å². The second-order valence-corrected chi connectivity index (χ2v) is 10.6. The highest BCUT2D eigenvalue weighted by molar-refractivity contribution is 6.29. The van der Waals surface area contributed by atoms with Crippen molar-refractivity contribution in [2.75, 3.05) is 31.3 Å². The van der Waals surface area contributed by atoms with Gasteiger partial charge < -0.3 is 26.2 Å². The van der Waals surface area contributed by atoms with Gasteiger partial charge in [0.1, 0.15) is 23.6 Å². The molecule has 39 heavy (non-hydrogen) atoms. The summed E-state index contributed by atoms with van der Waals surface area (Å²) in [7, 11) is 3.56. The van der Waals surface area contributed by atoms with Gasteiger partial charge in [0.05, 0.1) is 12.1 Å². The fourth-order valence-corrected chi connectivity index (χ4v) is 5.78. The van der Waals surface area contributed by atoms with Crippen molar-refractivity contribution in [3.8, 4) is 0 Å². The average molecular weight is 553 g/mol. The van der Waals surface area contributed by atoms with E-state index in [0.717, 1.165) is 19.3 Å². The van der Waals surface area contributed by atoms with Crippen molar-refractivity contribution in [1.82, 2.24) is 24.6 Å². The number of fused-ring (bicyclic) bond motifs is 3. The number of nitrogens with one attached hydrogen (secondary N) is 2. The van der Waals surface area contributed by atoms with Gasteiger partial charge in [-0.1, -0.05) is 17.7 Å². The van der Waals surface area contributed by atoms with Gasteiger partial charge in [-0.2, -0.15) is 5.10 Å². The van der Waals surface area contributed by atoms with Crippen LogP contribution >= 0.6 is 11.6 Å². The Morgan fingerprint density at radius 3 is 2.64 bits per heavy atom. The number of carbonyl (C=O) groups excluding carboxylic acids is 4. The van der Waals surface area contributed by atoms with Crippen LogP contribution in [0.4, 0.5) is 11.5 Å². The van der Waals surface area contributed by atoms with E-state index < -0.39 is 11.9 Å². The van der Waals surface area contributed by atoms with E-state index in [0.29, 0.717) is 22.4 Å². The maximum absolute atomic E-state index is 13.6. The number of carbonyl (C=O) groups is 4. The third-order valence-electron chi connectivity index (χ3n) is 7.12. The highest BCUT2D eigenvalue weighted by Gasteiger charge is 2.51. The number of primary amides is 1. The zero-order chi connectivity index (χ0) is 27.8. The summed E-state index contributed by atoms with van der Waals surface area (Å²) < 4.78 is 1.42. The number of likely N-dealkylation sites (tertiary alicyclic amines) is 1. The molecule has 0 radical (unpaired) electrons. The molecule has 204 valence electrons. The Hall–Kier alpha value is -4.03. The molecule has 1 saturated heterocycles. The molecule has 1 aromatic carbocycles. The number of pyridine rings is 1. The van der Waals surface area contributed by atoms with Crippen LogP contribution in [0.2, 0.25) is 5.15 Å². The second kappa shape index (κ2) is 10.6. The van der Waals surface area contributed by atoms with Gasteiger partial charge in [-0.25, -0.2) is 4.98 Å². The predicted molar refractivity (Wildman–Crippen MR) is 145 cm³/mol. The molecule has 0 unspecified atom stereocenters. The first-order valence-electron chi connectivity index (χ1n) is 12.6. The molecule has 4 amide bonds. The fourth-order valence-electron chi connectivity index (χ4n) is 5.62. The Bertz CT molecular complexity index is 1470. The van der Waals surface area contributed by atoms with E-state index in [-0.39, 0.29) is 53.6 Å². The average Bonchev–Trinajstić information content (AvgIpc) is 3.57. The summed E-state index contributed by atoms with van der Waals surface area (Å²) in [4.78, 5) is 58.8. The molecule has 3 atom stereocenters. The molecule has 3 heterocycles. The van der Waals surface area contributed by atoms with Crippen LogP contribution in [0, 0.1) is 5.92 Å². The Labute approximate surface area is 229 Å². The van der Waals surface area contributed by atoms with E-state index in [9.17, 15) is 19.2 Å². The number of nitrogens with zero attached hydrogens (tertiary/aromatic N) is 5. The van der Waals surface area contributed by atoms with E-state index in [1.54, 1.807) is 60.3 Å². The lowest BCUT2D eigenvalue weighted by molar-refractivity contribution is -0.141. The molecule has 5 rings (SSSR count). The lowest BCUT2D eigenvalue weighted by Crippen LogP contribution is -2.52. The molecule has 2 fully saturated rings. The van der Waals surface area contributed by atoms with Crippen LogP contribution in [0.15, 0.2) is 36.4 Å². The van der Waals surface area contributed by atoms with E-state index in [4.69, 9.17) is 17.3 Å². The Morgan fingerprint density at radius 1 is 1.13 bits per heavy atom. The smallest absolute Gasteiger partial charge is 0.269 e. The summed E-state index contributed by atoms with van der Waals surface area (Å²) in [5.41, 5.74) is 6.57. The summed E-state index contributed by atoms with van der Waals surface area (Å²) in [5, 5.41) is 10.6. The summed E-state index contributed by atoms with van der Waals surface area (Å²) in [6, 6.07) is 9.21. The van der Waals surface area contributed by atoms with E-state index >= 15 is 0 Å². The summed E-state index contributed by atoms with van der Waals surface area (Å²) in [5.74, 6) is -1.21. The lowest BCUT2D eigenvalue weighted by atomic mass is 9.97. The van der Waals surface area contributed by atoms with Gasteiger partial charge in [0.25, 0.3) is 5.91 Å². The Kier molecular flexibility index (Phi) is 7.23. The zero-order valence-electron chi connectivity index (χ0n) is 21.6. The molecule has 1 saturated carbocycles. The quantitative estimate of drug-likeness (QED) is 0.359. The van der Waals surface area contributed by atoms with Crippen molar-refractivity contribution >= 4 is 57.6 Å². The van der Waals surface area contributed by atoms with Crippen LogP contribution in [0.1, 0.15) is 29.8 Å². The topological polar surface area (TPSA) is 156 Å². The number of nitrogens with two attached hydrogens (primary N) is 1. The molecule has 13 heteroatoms. The maximum atomic E-state index is 13.6. The maximum Gasteiger partial charge on any atom is 0.269 e. The third-order valence-corrected chi connectivity index (χ3v) is 7.33. The number of hydrogen-bond acceptors (Lipinski definition) is 7. The van der Waals surface area contributed by atoms with Gasteiger partial charge >= 0.3 is 0 Å². The number of anilines is 2. The minimum absolute atomic E-state index is 0.00854. The normalized spacial score (nSPS) is 20.0. The van der Waals surface area contributed by atoms with Gasteiger partial charge in [-0.15, -0.1) is 0 Å². The largest absolute Gasteiger partial charge is 0.364 e. The first kappa shape index (κ1) is 26.6. The Morgan fingerprint density at radius 2 is 1.92 bits per heavy atom. The van der Waals surface area contributed by atoms with E-state index in [1.807, 2.05) is 0 Å². The monoisotopic (exact) mass is 552 g/mol. The second-order valence-electron chi connectivity index (χ2n) is 10.2. The number of likely N-dealkylation sites (N-methyl/N-ethyl adjacent to an activating group) is 1. The van der Waals surface area contributed by atoms with Crippen molar-refractivity contribution < 1.29 is 19.2 Å². The number of hydrogen-bond donors (Lipinski definition) is 3. The van der Waals surface area contributed by atoms with Crippen molar-refractivity contribution in [1.29, 1.82) is 0 Å².